The van der Waals surface area contributed by atoms with E-state index >= 15 is 0 Å². The van der Waals surface area contributed by atoms with E-state index in [1.54, 1.807) is 0 Å². The highest BCUT2D eigenvalue weighted by molar-refractivity contribution is 5.64. The number of nitrogens with zero attached hydrogens (tertiary/aromatic N) is 2. The van der Waals surface area contributed by atoms with E-state index < -0.39 is 11.6 Å². The quantitative estimate of drug-likeness (QED) is 0.876. The summed E-state index contributed by atoms with van der Waals surface area (Å²) in [6.45, 7) is 6.17. The van der Waals surface area contributed by atoms with Crippen LogP contribution in [-0.2, 0) is 0 Å². The predicted octanol–water partition coefficient (Wildman–Crippen LogP) is 3.94. The van der Waals surface area contributed by atoms with Gasteiger partial charge in [0.25, 0.3) is 0 Å². The Labute approximate surface area is 122 Å². The van der Waals surface area contributed by atoms with Crippen molar-refractivity contribution in [2.45, 2.75) is 27.2 Å². The smallest absolute Gasteiger partial charge is 0.147 e. The average molecular weight is 292 g/mol. The minimum absolute atomic E-state index is 0.0568. The number of aryl methyl sites for hydroxylation is 1. The zero-order valence-electron chi connectivity index (χ0n) is 12.3. The molecule has 0 saturated carbocycles. The van der Waals surface area contributed by atoms with E-state index in [9.17, 15) is 8.78 Å². The van der Waals surface area contributed by atoms with E-state index in [0.717, 1.165) is 30.7 Å². The molecular weight excluding hydrogens is 274 g/mol. The largest absolute Gasteiger partial charge is 0.370 e. The normalized spacial score (nSPS) is 10.5. The molecule has 0 aliphatic carbocycles. The fourth-order valence-corrected chi connectivity index (χ4v) is 1.87. The van der Waals surface area contributed by atoms with Gasteiger partial charge in [-0.25, -0.2) is 18.7 Å². The van der Waals surface area contributed by atoms with E-state index in [0.29, 0.717) is 11.6 Å². The molecule has 1 heterocycles. The zero-order chi connectivity index (χ0) is 15.4. The molecule has 0 amide bonds. The van der Waals surface area contributed by atoms with Gasteiger partial charge in [0.2, 0.25) is 0 Å². The van der Waals surface area contributed by atoms with Gasteiger partial charge in [-0.05, 0) is 31.9 Å². The second kappa shape index (κ2) is 6.47. The van der Waals surface area contributed by atoms with Crippen molar-refractivity contribution in [2.75, 3.05) is 17.2 Å². The molecule has 0 fully saturated rings. The highest BCUT2D eigenvalue weighted by atomic mass is 19.1. The van der Waals surface area contributed by atoms with Crippen LogP contribution in [0, 0.1) is 25.5 Å². The molecule has 0 atom stereocenters. The Kier molecular flexibility index (Phi) is 4.67. The summed E-state index contributed by atoms with van der Waals surface area (Å²) >= 11 is 0. The molecule has 1 aromatic heterocycles. The zero-order valence-corrected chi connectivity index (χ0v) is 12.3. The first-order valence-electron chi connectivity index (χ1n) is 6.81. The van der Waals surface area contributed by atoms with Gasteiger partial charge in [-0.15, -0.1) is 0 Å². The van der Waals surface area contributed by atoms with Crippen LogP contribution < -0.4 is 10.6 Å². The van der Waals surface area contributed by atoms with Crippen LogP contribution in [0.15, 0.2) is 18.5 Å². The van der Waals surface area contributed by atoms with E-state index in [1.165, 1.54) is 13.3 Å². The third kappa shape index (κ3) is 3.45. The van der Waals surface area contributed by atoms with Gasteiger partial charge in [-0.1, -0.05) is 6.92 Å². The van der Waals surface area contributed by atoms with E-state index in [1.807, 2.05) is 13.8 Å². The predicted molar refractivity (Wildman–Crippen MR) is 79.9 cm³/mol. The van der Waals surface area contributed by atoms with Crippen molar-refractivity contribution >= 4 is 17.3 Å². The van der Waals surface area contributed by atoms with Crippen LogP contribution >= 0.6 is 0 Å². The van der Waals surface area contributed by atoms with Crippen LogP contribution in [0.3, 0.4) is 0 Å². The fourth-order valence-electron chi connectivity index (χ4n) is 1.87. The Hall–Kier alpha value is -2.24. The molecule has 2 aromatic rings. The van der Waals surface area contributed by atoms with Crippen molar-refractivity contribution in [1.29, 1.82) is 0 Å². The Morgan fingerprint density at radius 3 is 2.48 bits per heavy atom. The minimum Gasteiger partial charge on any atom is -0.370 e. The number of benzene rings is 1. The molecule has 112 valence electrons. The van der Waals surface area contributed by atoms with Gasteiger partial charge in [-0.2, -0.15) is 0 Å². The topological polar surface area (TPSA) is 49.8 Å². The molecule has 1 aromatic carbocycles. The Morgan fingerprint density at radius 1 is 1.05 bits per heavy atom. The number of nitrogens with one attached hydrogen (secondary N) is 2. The van der Waals surface area contributed by atoms with Gasteiger partial charge in [-0.3, -0.25) is 0 Å². The first-order chi connectivity index (χ1) is 10.0. The number of aromatic nitrogens is 2. The van der Waals surface area contributed by atoms with Crippen molar-refractivity contribution in [3.8, 4) is 0 Å². The number of hydrogen-bond acceptors (Lipinski definition) is 4. The lowest BCUT2D eigenvalue weighted by Crippen LogP contribution is -2.07. The van der Waals surface area contributed by atoms with Crippen LogP contribution in [0.5, 0.6) is 0 Å². The lowest BCUT2D eigenvalue weighted by Gasteiger charge is -2.13. The number of rotatable bonds is 5. The van der Waals surface area contributed by atoms with Crippen LogP contribution in [0.2, 0.25) is 0 Å². The molecule has 0 bridgehead atoms. The Bertz CT molecular complexity index is 644. The highest BCUT2D eigenvalue weighted by Gasteiger charge is 2.11. The van der Waals surface area contributed by atoms with Crippen molar-refractivity contribution in [3.05, 3.63) is 41.2 Å². The molecule has 0 saturated heterocycles. The third-order valence-electron chi connectivity index (χ3n) is 3.13. The third-order valence-corrected chi connectivity index (χ3v) is 3.13. The van der Waals surface area contributed by atoms with Crippen molar-refractivity contribution in [2.24, 2.45) is 0 Å². The van der Waals surface area contributed by atoms with Gasteiger partial charge >= 0.3 is 0 Å². The van der Waals surface area contributed by atoms with Gasteiger partial charge in [0, 0.05) is 18.2 Å². The van der Waals surface area contributed by atoms with Gasteiger partial charge < -0.3 is 10.6 Å². The molecule has 2 N–H and O–H groups in total. The van der Waals surface area contributed by atoms with E-state index in [4.69, 9.17) is 0 Å². The summed E-state index contributed by atoms with van der Waals surface area (Å²) in [6, 6.07) is 2.29. The molecule has 0 radical (unpaired) electrons. The Morgan fingerprint density at radius 2 is 1.76 bits per heavy atom. The molecule has 0 aliphatic rings. The summed E-state index contributed by atoms with van der Waals surface area (Å²) in [5.41, 5.74) is 1.08. The summed E-state index contributed by atoms with van der Waals surface area (Å²) < 4.78 is 27.4. The molecule has 6 heteroatoms. The summed E-state index contributed by atoms with van der Waals surface area (Å²) in [7, 11) is 0. The Balaban J connectivity index is 2.29. The number of anilines is 3. The summed E-state index contributed by atoms with van der Waals surface area (Å²) in [6.07, 6.45) is 2.35. The molecule has 0 spiro atoms. The lowest BCUT2D eigenvalue weighted by molar-refractivity contribution is 0.595. The van der Waals surface area contributed by atoms with E-state index in [-0.39, 0.29) is 11.3 Å². The van der Waals surface area contributed by atoms with Crippen LogP contribution in [0.1, 0.15) is 24.5 Å². The summed E-state index contributed by atoms with van der Waals surface area (Å²) in [5, 5.41) is 5.98. The first kappa shape index (κ1) is 15.2. The number of halogens is 2. The van der Waals surface area contributed by atoms with E-state index in [2.05, 4.69) is 20.6 Å². The summed E-state index contributed by atoms with van der Waals surface area (Å²) in [5.74, 6) is 0.151. The second-order valence-corrected chi connectivity index (χ2v) is 4.83. The van der Waals surface area contributed by atoms with Gasteiger partial charge in [0.05, 0.1) is 5.69 Å². The maximum atomic E-state index is 13.9. The molecule has 0 aliphatic heterocycles. The average Bonchev–Trinajstić information content (AvgIpc) is 2.45. The maximum absolute atomic E-state index is 13.9. The van der Waals surface area contributed by atoms with Gasteiger partial charge in [0.1, 0.15) is 29.6 Å². The molecule has 21 heavy (non-hydrogen) atoms. The monoisotopic (exact) mass is 292 g/mol. The fraction of sp³-hybridized carbons (Fsp3) is 0.333. The van der Waals surface area contributed by atoms with Crippen molar-refractivity contribution in [3.63, 3.8) is 0 Å². The highest BCUT2D eigenvalue weighted by Crippen LogP contribution is 2.25. The lowest BCUT2D eigenvalue weighted by atomic mass is 10.2. The van der Waals surface area contributed by atoms with Crippen molar-refractivity contribution in [1.82, 2.24) is 9.97 Å². The summed E-state index contributed by atoms with van der Waals surface area (Å²) in [4.78, 5) is 8.23. The van der Waals surface area contributed by atoms with Crippen LogP contribution in [0.4, 0.5) is 26.1 Å². The van der Waals surface area contributed by atoms with Crippen LogP contribution in [0.25, 0.3) is 0 Å². The minimum atomic E-state index is -0.519. The molecular formula is C15H18F2N4. The molecule has 2 rings (SSSR count). The van der Waals surface area contributed by atoms with Crippen LogP contribution in [-0.4, -0.2) is 16.5 Å². The SMILES string of the molecule is CCCNc1ncnc(Nc2cc(F)c(C)cc2F)c1C. The first-order valence-corrected chi connectivity index (χ1v) is 6.81. The maximum Gasteiger partial charge on any atom is 0.147 e. The second-order valence-electron chi connectivity index (χ2n) is 4.83. The van der Waals surface area contributed by atoms with Crippen molar-refractivity contribution < 1.29 is 8.78 Å². The molecule has 4 nitrogen and oxygen atoms in total. The van der Waals surface area contributed by atoms with Gasteiger partial charge in [0.15, 0.2) is 0 Å². The molecule has 0 unspecified atom stereocenters. The number of hydrogen-bond donors (Lipinski definition) is 2. The standard InChI is InChI=1S/C15H18F2N4/c1-4-5-18-14-10(3)15(20-8-19-14)21-13-7-11(16)9(2)6-12(13)17/h6-8H,4-5H2,1-3H3,(H2,18,19,20,21).